The van der Waals surface area contributed by atoms with Crippen LogP contribution in [0.5, 0.6) is 11.5 Å². The molecule has 0 saturated heterocycles. The predicted molar refractivity (Wildman–Crippen MR) is 79.2 cm³/mol. The van der Waals surface area contributed by atoms with Gasteiger partial charge in [0, 0.05) is 30.1 Å². The number of rotatable bonds is 3. The molecular formula is C16H24N2O2. The molecule has 3 rings (SSSR count). The fourth-order valence-corrected chi connectivity index (χ4v) is 3.24. The smallest absolute Gasteiger partial charge is 0.124 e. The van der Waals surface area contributed by atoms with Crippen molar-refractivity contribution in [3.8, 4) is 11.5 Å². The van der Waals surface area contributed by atoms with Crippen molar-refractivity contribution in [2.75, 3.05) is 13.7 Å². The van der Waals surface area contributed by atoms with E-state index in [1.807, 2.05) is 12.1 Å². The zero-order chi connectivity index (χ0) is 13.9. The van der Waals surface area contributed by atoms with Crippen LogP contribution < -0.4 is 20.5 Å². The van der Waals surface area contributed by atoms with Gasteiger partial charge in [0.2, 0.25) is 0 Å². The van der Waals surface area contributed by atoms with Gasteiger partial charge in [-0.15, -0.1) is 0 Å². The van der Waals surface area contributed by atoms with Crippen LogP contribution in [0, 0.1) is 0 Å². The monoisotopic (exact) mass is 276 g/mol. The third-order valence-corrected chi connectivity index (χ3v) is 4.47. The van der Waals surface area contributed by atoms with Gasteiger partial charge in [-0.2, -0.15) is 0 Å². The number of fused-ring (bicyclic) bond motifs is 1. The minimum absolute atomic E-state index is 0.369. The molecule has 20 heavy (non-hydrogen) atoms. The molecule has 110 valence electrons. The van der Waals surface area contributed by atoms with E-state index in [1.54, 1.807) is 7.11 Å². The van der Waals surface area contributed by atoms with E-state index in [-0.39, 0.29) is 0 Å². The van der Waals surface area contributed by atoms with E-state index in [0.717, 1.165) is 37.4 Å². The molecule has 2 aliphatic rings. The molecule has 4 heteroatoms. The van der Waals surface area contributed by atoms with Crippen molar-refractivity contribution >= 4 is 0 Å². The summed E-state index contributed by atoms with van der Waals surface area (Å²) in [6, 6.07) is 7.42. The molecule has 0 bridgehead atoms. The van der Waals surface area contributed by atoms with Gasteiger partial charge in [0.1, 0.15) is 11.5 Å². The first kappa shape index (κ1) is 13.7. The van der Waals surface area contributed by atoms with Gasteiger partial charge in [0.15, 0.2) is 0 Å². The highest BCUT2D eigenvalue weighted by Gasteiger charge is 2.26. The summed E-state index contributed by atoms with van der Waals surface area (Å²) in [5.41, 5.74) is 7.21. The molecule has 0 radical (unpaired) electrons. The Balaban J connectivity index is 1.72. The van der Waals surface area contributed by atoms with E-state index in [4.69, 9.17) is 15.2 Å². The SMILES string of the molecule is COc1ccc2c(c1)C(NC1CCC(N)CC1)CCO2. The van der Waals surface area contributed by atoms with Crippen molar-refractivity contribution in [3.05, 3.63) is 23.8 Å². The fourth-order valence-electron chi connectivity index (χ4n) is 3.24. The van der Waals surface area contributed by atoms with Gasteiger partial charge in [-0.05, 0) is 43.9 Å². The molecule has 0 aromatic heterocycles. The molecule has 1 aromatic carbocycles. The third kappa shape index (κ3) is 2.91. The van der Waals surface area contributed by atoms with Gasteiger partial charge in [0.25, 0.3) is 0 Å². The van der Waals surface area contributed by atoms with Crippen LogP contribution in [-0.2, 0) is 0 Å². The normalized spacial score (nSPS) is 29.4. The Hall–Kier alpha value is -1.26. The maximum absolute atomic E-state index is 5.98. The van der Waals surface area contributed by atoms with Gasteiger partial charge in [0.05, 0.1) is 13.7 Å². The first-order chi connectivity index (χ1) is 9.76. The summed E-state index contributed by atoms with van der Waals surface area (Å²) in [6.07, 6.45) is 5.64. The summed E-state index contributed by atoms with van der Waals surface area (Å²) in [5, 5.41) is 3.79. The summed E-state index contributed by atoms with van der Waals surface area (Å²) in [7, 11) is 1.70. The molecule has 1 aromatic rings. The zero-order valence-electron chi connectivity index (χ0n) is 12.1. The largest absolute Gasteiger partial charge is 0.497 e. The Labute approximate surface area is 120 Å². The van der Waals surface area contributed by atoms with Crippen LogP contribution in [0.4, 0.5) is 0 Å². The number of hydrogen-bond acceptors (Lipinski definition) is 4. The van der Waals surface area contributed by atoms with Crippen LogP contribution in [0.25, 0.3) is 0 Å². The number of methoxy groups -OCH3 is 1. The highest BCUT2D eigenvalue weighted by molar-refractivity contribution is 5.43. The second kappa shape index (κ2) is 6.02. The quantitative estimate of drug-likeness (QED) is 0.890. The summed E-state index contributed by atoms with van der Waals surface area (Å²) in [5.74, 6) is 1.88. The lowest BCUT2D eigenvalue weighted by Crippen LogP contribution is -2.40. The highest BCUT2D eigenvalue weighted by atomic mass is 16.5. The van der Waals surface area contributed by atoms with E-state index in [9.17, 15) is 0 Å². The van der Waals surface area contributed by atoms with Crippen molar-refractivity contribution in [1.29, 1.82) is 0 Å². The molecule has 1 aliphatic heterocycles. The van der Waals surface area contributed by atoms with E-state index >= 15 is 0 Å². The average molecular weight is 276 g/mol. The number of ether oxygens (including phenoxy) is 2. The summed E-state index contributed by atoms with van der Waals surface area (Å²) < 4.78 is 11.1. The summed E-state index contributed by atoms with van der Waals surface area (Å²) >= 11 is 0. The van der Waals surface area contributed by atoms with Crippen molar-refractivity contribution in [2.24, 2.45) is 5.73 Å². The number of hydrogen-bond donors (Lipinski definition) is 2. The van der Waals surface area contributed by atoms with E-state index in [2.05, 4.69) is 11.4 Å². The van der Waals surface area contributed by atoms with Crippen LogP contribution in [0.2, 0.25) is 0 Å². The lowest BCUT2D eigenvalue weighted by atomic mass is 9.90. The van der Waals surface area contributed by atoms with Crippen LogP contribution in [-0.4, -0.2) is 25.8 Å². The number of nitrogens with two attached hydrogens (primary N) is 1. The minimum atomic E-state index is 0.369. The van der Waals surface area contributed by atoms with E-state index in [0.29, 0.717) is 18.1 Å². The maximum atomic E-state index is 5.98. The van der Waals surface area contributed by atoms with Crippen LogP contribution in [0.3, 0.4) is 0 Å². The second-order valence-corrected chi connectivity index (χ2v) is 5.87. The molecule has 1 unspecified atom stereocenters. The van der Waals surface area contributed by atoms with E-state index in [1.165, 1.54) is 18.4 Å². The van der Waals surface area contributed by atoms with Gasteiger partial charge in [-0.25, -0.2) is 0 Å². The molecule has 0 amide bonds. The molecule has 4 nitrogen and oxygen atoms in total. The highest BCUT2D eigenvalue weighted by Crippen LogP contribution is 2.35. The molecular weight excluding hydrogens is 252 g/mol. The number of nitrogens with one attached hydrogen (secondary N) is 1. The average Bonchev–Trinajstić information content (AvgIpc) is 2.49. The Morgan fingerprint density at radius 2 is 2.00 bits per heavy atom. The summed E-state index contributed by atoms with van der Waals surface area (Å²) in [4.78, 5) is 0. The molecule has 3 N–H and O–H groups in total. The standard InChI is InChI=1S/C16H24N2O2/c1-19-13-6-7-16-14(10-13)15(8-9-20-16)18-12-4-2-11(17)3-5-12/h6-7,10-12,15,18H,2-5,8-9,17H2,1H3. The predicted octanol–water partition coefficient (Wildman–Crippen LogP) is 2.38. The Bertz CT molecular complexity index is 456. The Kier molecular flexibility index (Phi) is 4.13. The number of benzene rings is 1. The first-order valence-electron chi connectivity index (χ1n) is 7.58. The lowest BCUT2D eigenvalue weighted by molar-refractivity contribution is 0.229. The molecule has 1 saturated carbocycles. The van der Waals surface area contributed by atoms with Crippen LogP contribution >= 0.6 is 0 Å². The first-order valence-corrected chi connectivity index (χ1v) is 7.58. The second-order valence-electron chi connectivity index (χ2n) is 5.87. The minimum Gasteiger partial charge on any atom is -0.497 e. The zero-order valence-corrected chi connectivity index (χ0v) is 12.1. The van der Waals surface area contributed by atoms with Gasteiger partial charge in [-0.3, -0.25) is 0 Å². The topological polar surface area (TPSA) is 56.5 Å². The fraction of sp³-hybridized carbons (Fsp3) is 0.625. The molecule has 0 spiro atoms. The van der Waals surface area contributed by atoms with Crippen LogP contribution in [0.15, 0.2) is 18.2 Å². The maximum Gasteiger partial charge on any atom is 0.124 e. The van der Waals surface area contributed by atoms with Crippen molar-refractivity contribution in [3.63, 3.8) is 0 Å². The molecule has 1 aliphatic carbocycles. The lowest BCUT2D eigenvalue weighted by Gasteiger charge is -2.33. The Morgan fingerprint density at radius 3 is 2.75 bits per heavy atom. The van der Waals surface area contributed by atoms with Gasteiger partial charge < -0.3 is 20.5 Å². The van der Waals surface area contributed by atoms with Crippen molar-refractivity contribution < 1.29 is 9.47 Å². The van der Waals surface area contributed by atoms with Gasteiger partial charge >= 0.3 is 0 Å². The summed E-state index contributed by atoms with van der Waals surface area (Å²) in [6.45, 7) is 0.781. The van der Waals surface area contributed by atoms with Crippen molar-refractivity contribution in [2.45, 2.75) is 50.2 Å². The van der Waals surface area contributed by atoms with Crippen molar-refractivity contribution in [1.82, 2.24) is 5.32 Å². The van der Waals surface area contributed by atoms with Gasteiger partial charge in [-0.1, -0.05) is 0 Å². The molecule has 1 fully saturated rings. The molecule has 1 atom stereocenters. The van der Waals surface area contributed by atoms with Crippen LogP contribution in [0.1, 0.15) is 43.7 Å². The Morgan fingerprint density at radius 1 is 1.20 bits per heavy atom. The van der Waals surface area contributed by atoms with E-state index < -0.39 is 0 Å². The molecule has 1 heterocycles. The third-order valence-electron chi connectivity index (χ3n) is 4.47.